The predicted octanol–water partition coefficient (Wildman–Crippen LogP) is 1.59. The second-order valence-corrected chi connectivity index (χ2v) is 5.27. The van der Waals surface area contributed by atoms with Gasteiger partial charge in [-0.05, 0) is 19.1 Å². The van der Waals surface area contributed by atoms with Crippen LogP contribution in [0.5, 0.6) is 0 Å². The Bertz CT molecular complexity index is 591. The summed E-state index contributed by atoms with van der Waals surface area (Å²) in [5.74, 6) is 0.773. The third-order valence-corrected chi connectivity index (χ3v) is 3.49. The lowest BCUT2D eigenvalue weighted by Gasteiger charge is -2.14. The van der Waals surface area contributed by atoms with E-state index < -0.39 is 6.10 Å². The van der Waals surface area contributed by atoms with E-state index in [0.717, 1.165) is 29.9 Å². The zero-order valence-corrected chi connectivity index (χ0v) is 12.2. The Labute approximate surface area is 123 Å². The van der Waals surface area contributed by atoms with Crippen molar-refractivity contribution < 1.29 is 14.6 Å². The molecule has 2 heterocycles. The Kier molecular flexibility index (Phi) is 4.38. The summed E-state index contributed by atoms with van der Waals surface area (Å²) in [6.07, 6.45) is 0.236. The van der Waals surface area contributed by atoms with Crippen LogP contribution in [0.1, 0.15) is 13.3 Å². The number of imidazole rings is 1. The Balaban J connectivity index is 1.80. The molecule has 6 heteroatoms. The van der Waals surface area contributed by atoms with Crippen molar-refractivity contribution in [3.05, 3.63) is 24.3 Å². The van der Waals surface area contributed by atoms with Crippen LogP contribution in [0.2, 0.25) is 0 Å². The molecule has 1 aromatic carbocycles. The summed E-state index contributed by atoms with van der Waals surface area (Å²) in [6.45, 7) is 4.32. The highest BCUT2D eigenvalue weighted by Gasteiger charge is 2.18. The van der Waals surface area contributed by atoms with Crippen molar-refractivity contribution in [2.75, 3.05) is 25.1 Å². The topological polar surface area (TPSA) is 68.5 Å². The number of benzene rings is 1. The highest BCUT2D eigenvalue weighted by atomic mass is 16.7. The number of aryl methyl sites for hydroxylation is 1. The van der Waals surface area contributed by atoms with E-state index in [-0.39, 0.29) is 6.29 Å². The number of nitrogens with one attached hydrogen (secondary N) is 1. The van der Waals surface area contributed by atoms with Crippen LogP contribution in [-0.2, 0) is 16.0 Å². The average molecular weight is 291 g/mol. The van der Waals surface area contributed by atoms with Gasteiger partial charge in [0.2, 0.25) is 5.95 Å². The van der Waals surface area contributed by atoms with Crippen LogP contribution in [-0.4, -0.2) is 46.8 Å². The van der Waals surface area contributed by atoms with Crippen molar-refractivity contribution in [1.82, 2.24) is 9.55 Å². The van der Waals surface area contributed by atoms with Crippen LogP contribution in [0.3, 0.4) is 0 Å². The third kappa shape index (κ3) is 3.34. The maximum atomic E-state index is 9.44. The Hall–Kier alpha value is -1.63. The number of hydrogen-bond acceptors (Lipinski definition) is 5. The van der Waals surface area contributed by atoms with Gasteiger partial charge in [0.25, 0.3) is 0 Å². The van der Waals surface area contributed by atoms with Crippen molar-refractivity contribution >= 4 is 17.0 Å². The third-order valence-electron chi connectivity index (χ3n) is 3.49. The highest BCUT2D eigenvalue weighted by molar-refractivity contribution is 5.78. The molecule has 0 saturated carbocycles. The van der Waals surface area contributed by atoms with E-state index in [9.17, 15) is 5.11 Å². The minimum atomic E-state index is -0.417. The minimum Gasteiger partial charge on any atom is -0.392 e. The second kappa shape index (κ2) is 6.43. The molecular weight excluding hydrogens is 270 g/mol. The number of hydrogen-bond donors (Lipinski definition) is 2. The summed E-state index contributed by atoms with van der Waals surface area (Å²) in [7, 11) is 0. The quantitative estimate of drug-likeness (QED) is 0.846. The van der Waals surface area contributed by atoms with Gasteiger partial charge in [0.05, 0.1) is 30.4 Å². The molecule has 2 aromatic rings. The zero-order valence-electron chi connectivity index (χ0n) is 12.2. The summed E-state index contributed by atoms with van der Waals surface area (Å²) in [6, 6.07) is 8.01. The van der Waals surface area contributed by atoms with E-state index in [0.29, 0.717) is 19.8 Å². The largest absolute Gasteiger partial charge is 0.392 e. The van der Waals surface area contributed by atoms with Crippen molar-refractivity contribution in [3.63, 3.8) is 0 Å². The molecule has 0 radical (unpaired) electrons. The summed E-state index contributed by atoms with van der Waals surface area (Å²) in [4.78, 5) is 4.59. The van der Waals surface area contributed by atoms with Crippen molar-refractivity contribution in [2.45, 2.75) is 32.3 Å². The Morgan fingerprint density at radius 2 is 2.14 bits per heavy atom. The minimum absolute atomic E-state index is 0.129. The number of aromatic nitrogens is 2. The molecule has 21 heavy (non-hydrogen) atoms. The van der Waals surface area contributed by atoms with Gasteiger partial charge < -0.3 is 24.5 Å². The monoisotopic (exact) mass is 291 g/mol. The number of aliphatic hydroxyl groups is 1. The number of fused-ring (bicyclic) bond motifs is 1. The molecule has 114 valence electrons. The SMILES string of the molecule is C[C@H](O)CNc1nc2ccccc2n1CCC1OCCO1. The Morgan fingerprint density at radius 3 is 2.90 bits per heavy atom. The van der Waals surface area contributed by atoms with E-state index >= 15 is 0 Å². The van der Waals surface area contributed by atoms with Gasteiger partial charge in [-0.1, -0.05) is 12.1 Å². The first-order valence-corrected chi connectivity index (χ1v) is 7.34. The molecule has 0 aliphatic carbocycles. The summed E-state index contributed by atoms with van der Waals surface area (Å²) in [5.41, 5.74) is 2.02. The van der Waals surface area contributed by atoms with Gasteiger partial charge in [-0.25, -0.2) is 4.98 Å². The Morgan fingerprint density at radius 1 is 1.38 bits per heavy atom. The molecule has 0 spiro atoms. The number of nitrogens with zero attached hydrogens (tertiary/aromatic N) is 2. The number of rotatable bonds is 6. The lowest BCUT2D eigenvalue weighted by atomic mass is 10.3. The molecule has 0 bridgehead atoms. The number of anilines is 1. The second-order valence-electron chi connectivity index (χ2n) is 5.27. The van der Waals surface area contributed by atoms with Crippen molar-refractivity contribution in [3.8, 4) is 0 Å². The first-order valence-electron chi connectivity index (χ1n) is 7.34. The molecule has 1 fully saturated rings. The van der Waals surface area contributed by atoms with Crippen molar-refractivity contribution in [1.29, 1.82) is 0 Å². The summed E-state index contributed by atoms with van der Waals surface area (Å²) in [5, 5.41) is 12.6. The maximum Gasteiger partial charge on any atom is 0.203 e. The van der Waals surface area contributed by atoms with E-state index in [2.05, 4.69) is 14.9 Å². The van der Waals surface area contributed by atoms with Crippen LogP contribution >= 0.6 is 0 Å². The first-order chi connectivity index (χ1) is 10.2. The highest BCUT2D eigenvalue weighted by Crippen LogP contribution is 2.21. The van der Waals surface area contributed by atoms with Gasteiger partial charge in [0.15, 0.2) is 6.29 Å². The number of para-hydroxylation sites is 2. The smallest absolute Gasteiger partial charge is 0.203 e. The molecule has 2 N–H and O–H groups in total. The van der Waals surface area contributed by atoms with Gasteiger partial charge in [-0.15, -0.1) is 0 Å². The standard InChI is InChI=1S/C15H21N3O3/c1-11(19)10-16-15-17-12-4-2-3-5-13(12)18(15)7-6-14-20-8-9-21-14/h2-5,11,14,19H,6-10H2,1H3,(H,16,17)/t11-/m0/s1. The molecule has 1 atom stereocenters. The molecule has 0 unspecified atom stereocenters. The van der Waals surface area contributed by atoms with E-state index in [1.807, 2.05) is 24.3 Å². The van der Waals surface area contributed by atoms with Crippen LogP contribution in [0.25, 0.3) is 11.0 Å². The molecule has 1 aromatic heterocycles. The van der Waals surface area contributed by atoms with Crippen LogP contribution < -0.4 is 5.32 Å². The maximum absolute atomic E-state index is 9.44. The van der Waals surface area contributed by atoms with Crippen molar-refractivity contribution in [2.24, 2.45) is 0 Å². The molecule has 3 rings (SSSR count). The predicted molar refractivity (Wildman–Crippen MR) is 80.2 cm³/mol. The van der Waals surface area contributed by atoms with E-state index in [1.54, 1.807) is 6.92 Å². The lowest BCUT2D eigenvalue weighted by molar-refractivity contribution is -0.0488. The number of ether oxygens (including phenoxy) is 2. The summed E-state index contributed by atoms with van der Waals surface area (Å²) >= 11 is 0. The van der Waals surface area contributed by atoms with Gasteiger partial charge in [-0.2, -0.15) is 0 Å². The lowest BCUT2D eigenvalue weighted by Crippen LogP contribution is -2.19. The molecular formula is C15H21N3O3. The first kappa shape index (κ1) is 14.3. The van der Waals surface area contributed by atoms with Gasteiger partial charge in [-0.3, -0.25) is 0 Å². The summed E-state index contributed by atoms with van der Waals surface area (Å²) < 4.78 is 13.1. The fourth-order valence-electron chi connectivity index (χ4n) is 2.48. The molecule has 1 aliphatic rings. The fraction of sp³-hybridized carbons (Fsp3) is 0.533. The molecule has 0 amide bonds. The van der Waals surface area contributed by atoms with Crippen LogP contribution in [0, 0.1) is 0 Å². The number of aliphatic hydroxyl groups excluding tert-OH is 1. The molecule has 6 nitrogen and oxygen atoms in total. The fourth-order valence-corrected chi connectivity index (χ4v) is 2.48. The van der Waals surface area contributed by atoms with Crippen LogP contribution in [0.4, 0.5) is 5.95 Å². The van der Waals surface area contributed by atoms with Gasteiger partial charge >= 0.3 is 0 Å². The normalized spacial score (nSPS) is 17.4. The zero-order chi connectivity index (χ0) is 14.7. The van der Waals surface area contributed by atoms with E-state index in [4.69, 9.17) is 9.47 Å². The molecule has 1 saturated heterocycles. The van der Waals surface area contributed by atoms with Gasteiger partial charge in [0, 0.05) is 19.5 Å². The van der Waals surface area contributed by atoms with E-state index in [1.165, 1.54) is 0 Å². The van der Waals surface area contributed by atoms with Crippen LogP contribution in [0.15, 0.2) is 24.3 Å². The van der Waals surface area contributed by atoms with Gasteiger partial charge in [0.1, 0.15) is 0 Å². The average Bonchev–Trinajstić information content (AvgIpc) is 3.10. The molecule has 1 aliphatic heterocycles.